The smallest absolute Gasteiger partial charge is 0.251 e. The van der Waals surface area contributed by atoms with Gasteiger partial charge in [-0.05, 0) is 24.6 Å². The molecule has 0 bridgehead atoms. The number of benzene rings is 1. The monoisotopic (exact) mass is 372 g/mol. The first-order chi connectivity index (χ1) is 12.5. The minimum atomic E-state index is -0.367. The van der Waals surface area contributed by atoms with Crippen LogP contribution in [0.4, 0.5) is 5.69 Å². The third-order valence-electron chi connectivity index (χ3n) is 3.20. The number of carbonyl (C=O) groups is 2. The van der Waals surface area contributed by atoms with Gasteiger partial charge in [-0.3, -0.25) is 14.4 Å². The number of rotatable bonds is 8. The molecule has 1 aromatic carbocycles. The molecule has 0 aliphatic heterocycles. The Morgan fingerprint density at radius 1 is 1.31 bits per heavy atom. The Bertz CT molecular complexity index is 864. The van der Waals surface area contributed by atoms with E-state index in [1.54, 1.807) is 12.1 Å². The van der Waals surface area contributed by atoms with E-state index in [9.17, 15) is 14.4 Å². The highest BCUT2D eigenvalue weighted by Gasteiger charge is 2.09. The summed E-state index contributed by atoms with van der Waals surface area (Å²) in [6.45, 7) is 5.81. The quantitative estimate of drug-likeness (QED) is 0.371. The number of aromatic amines is 1. The zero-order valence-corrected chi connectivity index (χ0v) is 15.2. The van der Waals surface area contributed by atoms with E-state index in [0.29, 0.717) is 23.1 Å². The SMILES string of the molecule is C=CCNC(=O)Cc1cc(=O)[nH]c(SCC(=O)Nc2cccc(C)c2)n1. The maximum Gasteiger partial charge on any atom is 0.251 e. The zero-order valence-electron chi connectivity index (χ0n) is 14.4. The van der Waals surface area contributed by atoms with Crippen molar-refractivity contribution in [3.8, 4) is 0 Å². The molecule has 1 heterocycles. The fourth-order valence-electron chi connectivity index (χ4n) is 2.11. The average Bonchev–Trinajstić information content (AvgIpc) is 2.58. The molecule has 8 heteroatoms. The summed E-state index contributed by atoms with van der Waals surface area (Å²) in [7, 11) is 0. The molecular weight excluding hydrogens is 352 g/mol. The summed E-state index contributed by atoms with van der Waals surface area (Å²) in [5.74, 6) is -0.378. The minimum absolute atomic E-state index is 0.0131. The second-order valence-electron chi connectivity index (χ2n) is 5.52. The highest BCUT2D eigenvalue weighted by Crippen LogP contribution is 2.14. The Morgan fingerprint density at radius 2 is 2.12 bits per heavy atom. The van der Waals surface area contributed by atoms with E-state index in [4.69, 9.17) is 0 Å². The van der Waals surface area contributed by atoms with E-state index in [2.05, 4.69) is 27.2 Å². The van der Waals surface area contributed by atoms with Gasteiger partial charge in [-0.25, -0.2) is 4.98 Å². The van der Waals surface area contributed by atoms with Crippen LogP contribution in [-0.4, -0.2) is 34.1 Å². The summed E-state index contributed by atoms with van der Waals surface area (Å²) in [5, 5.41) is 5.70. The third-order valence-corrected chi connectivity index (χ3v) is 4.07. The van der Waals surface area contributed by atoms with Gasteiger partial charge in [0.2, 0.25) is 11.8 Å². The van der Waals surface area contributed by atoms with Crippen LogP contribution in [0, 0.1) is 6.92 Å². The topological polar surface area (TPSA) is 104 Å². The van der Waals surface area contributed by atoms with Gasteiger partial charge in [-0.1, -0.05) is 30.0 Å². The molecule has 136 valence electrons. The van der Waals surface area contributed by atoms with Crippen molar-refractivity contribution in [2.45, 2.75) is 18.5 Å². The number of thioether (sulfide) groups is 1. The van der Waals surface area contributed by atoms with Gasteiger partial charge in [0.15, 0.2) is 5.16 Å². The number of hydrogen-bond acceptors (Lipinski definition) is 5. The van der Waals surface area contributed by atoms with Crippen LogP contribution in [0.25, 0.3) is 0 Å². The standard InChI is InChI=1S/C18H20N4O3S/c1-3-7-19-15(23)9-14-10-16(24)22-18(21-14)26-11-17(25)20-13-6-4-5-12(2)8-13/h3-6,8,10H,1,7,9,11H2,2H3,(H,19,23)(H,20,25)(H,21,22,24). The molecule has 0 fully saturated rings. The van der Waals surface area contributed by atoms with Gasteiger partial charge < -0.3 is 15.6 Å². The van der Waals surface area contributed by atoms with Crippen LogP contribution in [0.2, 0.25) is 0 Å². The highest BCUT2D eigenvalue weighted by atomic mass is 32.2. The van der Waals surface area contributed by atoms with E-state index < -0.39 is 0 Å². The lowest BCUT2D eigenvalue weighted by molar-refractivity contribution is -0.120. The number of hydrogen-bond donors (Lipinski definition) is 3. The number of anilines is 1. The van der Waals surface area contributed by atoms with E-state index in [1.165, 1.54) is 6.07 Å². The molecule has 0 atom stereocenters. The van der Waals surface area contributed by atoms with Gasteiger partial charge in [-0.15, -0.1) is 6.58 Å². The summed E-state index contributed by atoms with van der Waals surface area (Å²) in [6, 6.07) is 8.74. The van der Waals surface area contributed by atoms with Crippen LogP contribution in [-0.2, 0) is 16.0 Å². The summed E-state index contributed by atoms with van der Waals surface area (Å²) < 4.78 is 0. The van der Waals surface area contributed by atoms with Gasteiger partial charge in [0.05, 0.1) is 17.9 Å². The van der Waals surface area contributed by atoms with Crippen LogP contribution in [0.1, 0.15) is 11.3 Å². The molecule has 0 radical (unpaired) electrons. The zero-order chi connectivity index (χ0) is 18.9. The molecule has 0 spiro atoms. The van der Waals surface area contributed by atoms with Gasteiger partial charge in [-0.2, -0.15) is 0 Å². The van der Waals surface area contributed by atoms with Crippen molar-refractivity contribution >= 4 is 29.3 Å². The molecule has 2 aromatic rings. The van der Waals surface area contributed by atoms with Gasteiger partial charge in [0, 0.05) is 18.3 Å². The van der Waals surface area contributed by atoms with E-state index in [0.717, 1.165) is 17.3 Å². The van der Waals surface area contributed by atoms with E-state index in [-0.39, 0.29) is 29.5 Å². The Hall–Kier alpha value is -2.87. The Balaban J connectivity index is 1.94. The first-order valence-electron chi connectivity index (χ1n) is 7.93. The van der Waals surface area contributed by atoms with Crippen molar-refractivity contribution in [2.24, 2.45) is 0 Å². The molecule has 2 rings (SSSR count). The molecule has 0 aliphatic carbocycles. The van der Waals surface area contributed by atoms with Crippen LogP contribution in [0.3, 0.4) is 0 Å². The van der Waals surface area contributed by atoms with Gasteiger partial charge in [0.1, 0.15) is 0 Å². The molecule has 0 unspecified atom stereocenters. The molecule has 0 saturated carbocycles. The number of aromatic nitrogens is 2. The first kappa shape index (κ1) is 19.5. The van der Waals surface area contributed by atoms with Crippen LogP contribution < -0.4 is 16.2 Å². The van der Waals surface area contributed by atoms with Crippen molar-refractivity contribution in [3.63, 3.8) is 0 Å². The Morgan fingerprint density at radius 3 is 2.85 bits per heavy atom. The third kappa shape index (κ3) is 6.56. The molecule has 0 saturated heterocycles. The number of nitrogens with one attached hydrogen (secondary N) is 3. The average molecular weight is 372 g/mol. The van der Waals surface area contributed by atoms with Gasteiger partial charge >= 0.3 is 0 Å². The molecule has 7 nitrogen and oxygen atoms in total. The lowest BCUT2D eigenvalue weighted by Gasteiger charge is -2.06. The van der Waals surface area contributed by atoms with Crippen molar-refractivity contribution < 1.29 is 9.59 Å². The summed E-state index contributed by atoms with van der Waals surface area (Å²) >= 11 is 1.10. The highest BCUT2D eigenvalue weighted by molar-refractivity contribution is 7.99. The Labute approximate surface area is 155 Å². The molecule has 1 aromatic heterocycles. The Kier molecular flexibility index (Phi) is 7.16. The summed E-state index contributed by atoms with van der Waals surface area (Å²) in [5.41, 5.74) is 1.73. The number of amides is 2. The molecular formula is C18H20N4O3S. The number of nitrogens with zero attached hydrogens (tertiary/aromatic N) is 1. The van der Waals surface area contributed by atoms with E-state index >= 15 is 0 Å². The predicted molar refractivity (Wildman–Crippen MR) is 102 cm³/mol. The van der Waals surface area contributed by atoms with Crippen molar-refractivity contribution in [3.05, 3.63) is 64.6 Å². The van der Waals surface area contributed by atoms with Crippen LogP contribution in [0.5, 0.6) is 0 Å². The fraction of sp³-hybridized carbons (Fsp3) is 0.222. The largest absolute Gasteiger partial charge is 0.352 e. The number of carbonyl (C=O) groups excluding carboxylic acids is 2. The number of H-pyrrole nitrogens is 1. The number of aryl methyl sites for hydroxylation is 1. The first-order valence-corrected chi connectivity index (χ1v) is 8.92. The van der Waals surface area contributed by atoms with Crippen molar-refractivity contribution in [1.29, 1.82) is 0 Å². The molecule has 26 heavy (non-hydrogen) atoms. The lowest BCUT2D eigenvalue weighted by Crippen LogP contribution is -2.26. The molecule has 3 N–H and O–H groups in total. The van der Waals surface area contributed by atoms with Crippen molar-refractivity contribution in [1.82, 2.24) is 15.3 Å². The van der Waals surface area contributed by atoms with Crippen LogP contribution >= 0.6 is 11.8 Å². The molecule has 2 amide bonds. The summed E-state index contributed by atoms with van der Waals surface area (Å²) in [4.78, 5) is 42.2. The van der Waals surface area contributed by atoms with Crippen molar-refractivity contribution in [2.75, 3.05) is 17.6 Å². The summed E-state index contributed by atoms with van der Waals surface area (Å²) in [6.07, 6.45) is 1.55. The normalized spacial score (nSPS) is 10.2. The lowest BCUT2D eigenvalue weighted by atomic mass is 10.2. The maximum atomic E-state index is 12.0. The van der Waals surface area contributed by atoms with E-state index in [1.807, 2.05) is 25.1 Å². The maximum absolute atomic E-state index is 12.0. The van der Waals surface area contributed by atoms with Crippen LogP contribution in [0.15, 0.2) is 52.9 Å². The fourth-order valence-corrected chi connectivity index (χ4v) is 2.80. The second-order valence-corrected chi connectivity index (χ2v) is 6.48. The molecule has 0 aliphatic rings. The van der Waals surface area contributed by atoms with Gasteiger partial charge in [0.25, 0.3) is 5.56 Å². The second kappa shape index (κ2) is 9.57. The minimum Gasteiger partial charge on any atom is -0.352 e. The predicted octanol–water partition coefficient (Wildman–Crippen LogP) is 1.65.